The first-order chi connectivity index (χ1) is 17.4. The predicted octanol–water partition coefficient (Wildman–Crippen LogP) is 8.26. The first-order valence-electron chi connectivity index (χ1n) is 14.7. The molecule has 0 aliphatic carbocycles. The molecule has 0 aromatic heterocycles. The number of thiol groups is 1. The molecule has 216 valence electrons. The Labute approximate surface area is 228 Å². The largest absolute Gasteiger partial charge is 0.462 e. The molecule has 5 unspecified atom stereocenters. The zero-order chi connectivity index (χ0) is 27.1. The average Bonchev–Trinajstić information content (AvgIpc) is 2.86. The van der Waals surface area contributed by atoms with Crippen molar-refractivity contribution in [1.29, 1.82) is 0 Å². The Morgan fingerprint density at radius 2 is 1.31 bits per heavy atom. The fourth-order valence-corrected chi connectivity index (χ4v) is 5.26. The Morgan fingerprint density at radius 1 is 0.833 bits per heavy atom. The second-order valence-electron chi connectivity index (χ2n) is 10.0. The molecular formula is C28H57O6PS. The van der Waals surface area contributed by atoms with E-state index in [1.165, 1.54) is 96.3 Å². The summed E-state index contributed by atoms with van der Waals surface area (Å²) >= 11 is 4.66. The van der Waals surface area contributed by atoms with Crippen LogP contribution in [0.4, 0.5) is 0 Å². The molecule has 0 fully saturated rings. The molecule has 8 heteroatoms. The summed E-state index contributed by atoms with van der Waals surface area (Å²) in [5.41, 5.74) is -2.85. The molecule has 6 nitrogen and oxygen atoms in total. The van der Waals surface area contributed by atoms with Crippen molar-refractivity contribution in [3.63, 3.8) is 0 Å². The summed E-state index contributed by atoms with van der Waals surface area (Å²) in [5.74, 6) is -0.520. The van der Waals surface area contributed by atoms with Crippen molar-refractivity contribution in [1.82, 2.24) is 0 Å². The van der Waals surface area contributed by atoms with E-state index in [9.17, 15) is 14.5 Å². The van der Waals surface area contributed by atoms with Crippen molar-refractivity contribution in [3.8, 4) is 0 Å². The molecule has 0 aromatic carbocycles. The quantitative estimate of drug-likeness (QED) is 0.0369. The highest BCUT2D eigenvalue weighted by Crippen LogP contribution is 2.30. The Kier molecular flexibility index (Phi) is 24.0. The van der Waals surface area contributed by atoms with Gasteiger partial charge in [0.1, 0.15) is 13.9 Å². The third-order valence-electron chi connectivity index (χ3n) is 6.65. The third-order valence-corrected chi connectivity index (χ3v) is 7.67. The molecule has 0 aliphatic rings. The van der Waals surface area contributed by atoms with Gasteiger partial charge in [0.2, 0.25) is 0 Å². The van der Waals surface area contributed by atoms with Gasteiger partial charge in [0.25, 0.3) is 0 Å². The molecule has 0 saturated heterocycles. The third kappa shape index (κ3) is 18.2. The van der Waals surface area contributed by atoms with E-state index in [0.717, 1.165) is 12.8 Å². The summed E-state index contributed by atoms with van der Waals surface area (Å²) in [5, 5.41) is 10.4. The highest BCUT2D eigenvalue weighted by atomic mass is 32.1. The van der Waals surface area contributed by atoms with Gasteiger partial charge in [0, 0.05) is 0 Å². The van der Waals surface area contributed by atoms with Crippen LogP contribution in [0.25, 0.3) is 0 Å². The monoisotopic (exact) mass is 552 g/mol. The standard InChI is InChI=1S/C28H57O6PS/c1-5-9-11-13-14-15-16-18-20-22-24(21-19-17-12-10-6-2)23-26(36)33-25(7-3)34-28(30,35-31)27(29)32-8-4/h24-26,30,36H,5-23,35H2,1-4H3. The van der Waals surface area contributed by atoms with Gasteiger partial charge in [0.15, 0.2) is 6.29 Å². The summed E-state index contributed by atoms with van der Waals surface area (Å²) in [6, 6.07) is 0. The van der Waals surface area contributed by atoms with Crippen LogP contribution >= 0.6 is 21.1 Å². The summed E-state index contributed by atoms with van der Waals surface area (Å²) in [6.45, 7) is 8.00. The van der Waals surface area contributed by atoms with Gasteiger partial charge in [-0.1, -0.05) is 124 Å². The maximum Gasteiger partial charge on any atom is 0.374 e. The number of carbonyl (C=O) groups excluding carboxylic acids is 1. The smallest absolute Gasteiger partial charge is 0.374 e. The maximum absolute atomic E-state index is 12.0. The number of hydrogen-bond acceptors (Lipinski definition) is 7. The van der Waals surface area contributed by atoms with Crippen LogP contribution in [-0.4, -0.2) is 34.9 Å². The lowest BCUT2D eigenvalue weighted by molar-refractivity contribution is -0.258. The number of carbonyl (C=O) groups is 1. The topological polar surface area (TPSA) is 82.1 Å². The zero-order valence-corrected chi connectivity index (χ0v) is 25.7. The molecule has 0 amide bonds. The Hall–Kier alpha value is -0.0700. The minimum absolute atomic E-state index is 0.0651. The zero-order valence-electron chi connectivity index (χ0n) is 23.7. The second-order valence-corrected chi connectivity index (χ2v) is 11.6. The normalized spacial score (nSPS) is 16.2. The molecule has 0 aliphatic heterocycles. The maximum atomic E-state index is 12.0. The average molecular weight is 553 g/mol. The van der Waals surface area contributed by atoms with Crippen molar-refractivity contribution in [2.24, 2.45) is 5.92 Å². The van der Waals surface area contributed by atoms with Crippen LogP contribution < -0.4 is 0 Å². The molecule has 1 N–H and O–H groups in total. The number of ether oxygens (including phenoxy) is 3. The van der Waals surface area contributed by atoms with E-state index < -0.39 is 26.2 Å². The van der Waals surface area contributed by atoms with Crippen molar-refractivity contribution < 1.29 is 28.7 Å². The molecule has 5 atom stereocenters. The number of unbranched alkanes of at least 4 members (excludes halogenated alkanes) is 12. The van der Waals surface area contributed by atoms with Crippen LogP contribution in [-0.2, 0) is 23.6 Å². The summed E-state index contributed by atoms with van der Waals surface area (Å²) in [4.78, 5) is 12.0. The van der Waals surface area contributed by atoms with Gasteiger partial charge in [0.05, 0.1) is 6.61 Å². The molecule has 0 bridgehead atoms. The second kappa shape index (κ2) is 24.0. The SMILES string of the molecule is CCCCCCCCCCCC(CCCCCCC)CC(S)OC(CC)OC(O)([PH2]=O)C(=O)OCC. The van der Waals surface area contributed by atoms with Crippen molar-refractivity contribution >= 4 is 27.1 Å². The van der Waals surface area contributed by atoms with Gasteiger partial charge in [-0.3, -0.25) is 0 Å². The van der Waals surface area contributed by atoms with Crippen LogP contribution in [0.1, 0.15) is 143 Å². The number of aliphatic hydroxyl groups is 1. The number of hydrogen-bond donors (Lipinski definition) is 2. The lowest BCUT2D eigenvalue weighted by Crippen LogP contribution is -2.42. The fraction of sp³-hybridized carbons (Fsp3) is 0.964. The van der Waals surface area contributed by atoms with E-state index in [1.807, 2.05) is 6.92 Å². The van der Waals surface area contributed by atoms with E-state index in [1.54, 1.807) is 6.92 Å². The van der Waals surface area contributed by atoms with Crippen molar-refractivity contribution in [2.45, 2.75) is 161 Å². The van der Waals surface area contributed by atoms with Gasteiger partial charge in [-0.2, -0.15) is 0 Å². The first kappa shape index (κ1) is 35.9. The fourth-order valence-electron chi connectivity index (χ4n) is 4.44. The summed E-state index contributed by atoms with van der Waals surface area (Å²) in [7, 11) is -1.95. The molecule has 0 saturated carbocycles. The minimum atomic E-state index is -2.46. The van der Waals surface area contributed by atoms with Gasteiger partial charge in [-0.05, 0) is 25.7 Å². The van der Waals surface area contributed by atoms with Crippen LogP contribution in [0.5, 0.6) is 0 Å². The van der Waals surface area contributed by atoms with E-state index in [2.05, 4.69) is 26.5 Å². The number of esters is 1. The molecular weight excluding hydrogens is 495 g/mol. The minimum Gasteiger partial charge on any atom is -0.462 e. The Morgan fingerprint density at radius 3 is 1.72 bits per heavy atom. The van der Waals surface area contributed by atoms with E-state index >= 15 is 0 Å². The molecule has 36 heavy (non-hydrogen) atoms. The molecule has 0 heterocycles. The van der Waals surface area contributed by atoms with Crippen LogP contribution in [0.3, 0.4) is 0 Å². The molecule has 0 aromatic rings. The van der Waals surface area contributed by atoms with Crippen LogP contribution in [0.2, 0.25) is 0 Å². The Balaban J connectivity index is 4.67. The van der Waals surface area contributed by atoms with Gasteiger partial charge < -0.3 is 23.9 Å². The lowest BCUT2D eigenvalue weighted by atomic mass is 9.91. The van der Waals surface area contributed by atoms with Gasteiger partial charge in [-0.15, -0.1) is 12.6 Å². The van der Waals surface area contributed by atoms with Crippen LogP contribution in [0, 0.1) is 5.92 Å². The van der Waals surface area contributed by atoms with Crippen LogP contribution in [0.15, 0.2) is 0 Å². The lowest BCUT2D eigenvalue weighted by Gasteiger charge is -2.29. The summed E-state index contributed by atoms with van der Waals surface area (Å²) < 4.78 is 27.7. The van der Waals surface area contributed by atoms with Crippen molar-refractivity contribution in [3.05, 3.63) is 0 Å². The predicted molar refractivity (Wildman–Crippen MR) is 154 cm³/mol. The molecule has 0 rings (SSSR count). The highest BCUT2D eigenvalue weighted by Gasteiger charge is 2.41. The van der Waals surface area contributed by atoms with Crippen molar-refractivity contribution in [2.75, 3.05) is 6.61 Å². The van der Waals surface area contributed by atoms with E-state index in [-0.39, 0.29) is 12.0 Å². The highest BCUT2D eigenvalue weighted by molar-refractivity contribution is 7.80. The number of rotatable bonds is 26. The van der Waals surface area contributed by atoms with Gasteiger partial charge in [-0.25, -0.2) is 4.79 Å². The van der Waals surface area contributed by atoms with E-state index in [0.29, 0.717) is 12.3 Å². The molecule has 0 spiro atoms. The summed E-state index contributed by atoms with van der Waals surface area (Å²) in [6.07, 6.45) is 20.8. The Bertz CT molecular complexity index is 538. The van der Waals surface area contributed by atoms with E-state index in [4.69, 9.17) is 14.2 Å². The first-order valence-corrected chi connectivity index (χ1v) is 16.3. The van der Waals surface area contributed by atoms with Gasteiger partial charge >= 0.3 is 11.5 Å². The molecule has 0 radical (unpaired) electrons.